The smallest absolute Gasteiger partial charge is 0.155 e. The van der Waals surface area contributed by atoms with Crippen LogP contribution in [0.15, 0.2) is 12.2 Å². The Morgan fingerprint density at radius 2 is 2.17 bits per heavy atom. The molecule has 3 heteroatoms. The first-order valence-electron chi connectivity index (χ1n) is 7.07. The van der Waals surface area contributed by atoms with Gasteiger partial charge in [-0.1, -0.05) is 6.08 Å². The van der Waals surface area contributed by atoms with E-state index < -0.39 is 0 Å². The SMILES string of the molecule is CC(C)N1CCC[C@@H](CC(=O)/C=C/CN(C)C)C1. The molecule has 0 aromatic heterocycles. The summed E-state index contributed by atoms with van der Waals surface area (Å²) >= 11 is 0. The molecule has 0 radical (unpaired) electrons. The topological polar surface area (TPSA) is 23.6 Å². The molecule has 1 saturated heterocycles. The second-order valence-corrected chi connectivity index (χ2v) is 5.93. The molecular weight excluding hydrogens is 224 g/mol. The lowest BCUT2D eigenvalue weighted by Crippen LogP contribution is -2.40. The average molecular weight is 252 g/mol. The number of piperidine rings is 1. The van der Waals surface area contributed by atoms with Crippen molar-refractivity contribution in [1.29, 1.82) is 0 Å². The van der Waals surface area contributed by atoms with E-state index >= 15 is 0 Å². The number of hydrogen-bond donors (Lipinski definition) is 0. The monoisotopic (exact) mass is 252 g/mol. The van der Waals surface area contributed by atoms with Crippen molar-refractivity contribution in [1.82, 2.24) is 9.80 Å². The second-order valence-electron chi connectivity index (χ2n) is 5.93. The van der Waals surface area contributed by atoms with E-state index in [1.807, 2.05) is 20.2 Å². The van der Waals surface area contributed by atoms with Crippen LogP contribution in [0.5, 0.6) is 0 Å². The quantitative estimate of drug-likeness (QED) is 0.677. The van der Waals surface area contributed by atoms with E-state index in [1.165, 1.54) is 19.4 Å². The van der Waals surface area contributed by atoms with Gasteiger partial charge in [-0.05, 0) is 59.3 Å². The zero-order chi connectivity index (χ0) is 13.5. The van der Waals surface area contributed by atoms with Gasteiger partial charge in [-0.25, -0.2) is 0 Å². The summed E-state index contributed by atoms with van der Waals surface area (Å²) < 4.78 is 0. The Morgan fingerprint density at radius 3 is 2.78 bits per heavy atom. The molecule has 1 rings (SSSR count). The normalized spacial score (nSPS) is 22.2. The Bertz CT molecular complexity index is 284. The van der Waals surface area contributed by atoms with Gasteiger partial charge in [-0.3, -0.25) is 4.79 Å². The third-order valence-electron chi connectivity index (χ3n) is 3.54. The van der Waals surface area contributed by atoms with E-state index in [9.17, 15) is 4.79 Å². The molecule has 0 bridgehead atoms. The Morgan fingerprint density at radius 1 is 1.44 bits per heavy atom. The maximum Gasteiger partial charge on any atom is 0.155 e. The second kappa shape index (κ2) is 7.70. The molecule has 3 nitrogen and oxygen atoms in total. The molecule has 1 aliphatic heterocycles. The molecule has 0 aromatic carbocycles. The van der Waals surface area contributed by atoms with Crippen LogP contribution < -0.4 is 0 Å². The maximum absolute atomic E-state index is 11.8. The lowest BCUT2D eigenvalue weighted by atomic mass is 9.92. The van der Waals surface area contributed by atoms with Crippen molar-refractivity contribution >= 4 is 5.78 Å². The highest BCUT2D eigenvalue weighted by atomic mass is 16.1. The number of allylic oxidation sites excluding steroid dienone is 1. The molecule has 1 heterocycles. The summed E-state index contributed by atoms with van der Waals surface area (Å²) in [6.45, 7) is 7.60. The number of likely N-dealkylation sites (N-methyl/N-ethyl adjacent to an activating group) is 1. The van der Waals surface area contributed by atoms with Gasteiger partial charge < -0.3 is 9.80 Å². The van der Waals surface area contributed by atoms with Gasteiger partial charge in [0.2, 0.25) is 0 Å². The molecular formula is C15H28N2O. The summed E-state index contributed by atoms with van der Waals surface area (Å²) in [6, 6.07) is 0.604. The van der Waals surface area contributed by atoms with Crippen LogP contribution in [0.1, 0.15) is 33.1 Å². The Hall–Kier alpha value is -0.670. The van der Waals surface area contributed by atoms with Crippen molar-refractivity contribution < 1.29 is 4.79 Å². The number of carbonyl (C=O) groups is 1. The van der Waals surface area contributed by atoms with E-state index in [0.29, 0.717) is 18.4 Å². The van der Waals surface area contributed by atoms with Gasteiger partial charge in [-0.15, -0.1) is 0 Å². The van der Waals surface area contributed by atoms with Crippen molar-refractivity contribution in [3.05, 3.63) is 12.2 Å². The molecule has 0 N–H and O–H groups in total. The van der Waals surface area contributed by atoms with Crippen LogP contribution in [0.25, 0.3) is 0 Å². The minimum Gasteiger partial charge on any atom is -0.306 e. The minimum atomic E-state index is 0.285. The highest BCUT2D eigenvalue weighted by molar-refractivity contribution is 5.89. The molecule has 1 fully saturated rings. The van der Waals surface area contributed by atoms with Crippen molar-refractivity contribution in [2.24, 2.45) is 5.92 Å². The van der Waals surface area contributed by atoms with Gasteiger partial charge in [0, 0.05) is 25.6 Å². The highest BCUT2D eigenvalue weighted by Crippen LogP contribution is 2.21. The molecule has 0 aliphatic carbocycles. The van der Waals surface area contributed by atoms with Crippen LogP contribution in [-0.4, -0.2) is 55.4 Å². The highest BCUT2D eigenvalue weighted by Gasteiger charge is 2.22. The lowest BCUT2D eigenvalue weighted by Gasteiger charge is -2.35. The summed E-state index contributed by atoms with van der Waals surface area (Å²) in [7, 11) is 4.02. The van der Waals surface area contributed by atoms with E-state index in [1.54, 1.807) is 6.08 Å². The van der Waals surface area contributed by atoms with Crippen molar-refractivity contribution in [3.63, 3.8) is 0 Å². The molecule has 0 aromatic rings. The fourth-order valence-electron chi connectivity index (χ4n) is 2.48. The molecule has 18 heavy (non-hydrogen) atoms. The Kier molecular flexibility index (Phi) is 6.58. The zero-order valence-corrected chi connectivity index (χ0v) is 12.4. The predicted octanol–water partition coefficient (Wildman–Crippen LogP) is 2.18. The number of rotatable bonds is 6. The third kappa shape index (κ3) is 5.78. The zero-order valence-electron chi connectivity index (χ0n) is 12.4. The molecule has 0 amide bonds. The van der Waals surface area contributed by atoms with Crippen LogP contribution >= 0.6 is 0 Å². The fraction of sp³-hybridized carbons (Fsp3) is 0.800. The van der Waals surface area contributed by atoms with Crippen molar-refractivity contribution in [3.8, 4) is 0 Å². The lowest BCUT2D eigenvalue weighted by molar-refractivity contribution is -0.115. The van der Waals surface area contributed by atoms with E-state index in [2.05, 4.69) is 23.6 Å². The van der Waals surface area contributed by atoms with Crippen LogP contribution in [0.3, 0.4) is 0 Å². The van der Waals surface area contributed by atoms with E-state index in [-0.39, 0.29) is 5.78 Å². The summed E-state index contributed by atoms with van der Waals surface area (Å²) in [5.74, 6) is 0.838. The van der Waals surface area contributed by atoms with E-state index in [4.69, 9.17) is 0 Å². The molecule has 1 aliphatic rings. The first-order valence-corrected chi connectivity index (χ1v) is 7.07. The average Bonchev–Trinajstić information content (AvgIpc) is 2.28. The standard InChI is InChI=1S/C15H28N2O/c1-13(2)17-10-5-7-14(12-17)11-15(18)8-6-9-16(3)4/h6,8,13-14H,5,7,9-12H2,1-4H3/b8-6+/t14-/m0/s1. The van der Waals surface area contributed by atoms with Crippen LogP contribution in [0.4, 0.5) is 0 Å². The minimum absolute atomic E-state index is 0.285. The van der Waals surface area contributed by atoms with Crippen molar-refractivity contribution in [2.45, 2.75) is 39.2 Å². The Balaban J connectivity index is 2.33. The van der Waals surface area contributed by atoms with Crippen molar-refractivity contribution in [2.75, 3.05) is 33.7 Å². The number of hydrogen-bond acceptors (Lipinski definition) is 3. The molecule has 0 saturated carbocycles. The molecule has 0 spiro atoms. The van der Waals surface area contributed by atoms with Crippen LogP contribution in [-0.2, 0) is 4.79 Å². The number of likely N-dealkylation sites (tertiary alicyclic amines) is 1. The summed E-state index contributed by atoms with van der Waals surface area (Å²) in [5.41, 5.74) is 0. The summed E-state index contributed by atoms with van der Waals surface area (Å²) in [4.78, 5) is 16.4. The molecule has 1 atom stereocenters. The van der Waals surface area contributed by atoms with Gasteiger partial charge in [0.05, 0.1) is 0 Å². The molecule has 104 valence electrons. The third-order valence-corrected chi connectivity index (χ3v) is 3.54. The first-order chi connectivity index (χ1) is 8.49. The Labute approximate surface area is 112 Å². The molecule has 0 unspecified atom stereocenters. The number of nitrogens with zero attached hydrogens (tertiary/aromatic N) is 2. The number of carbonyl (C=O) groups excluding carboxylic acids is 1. The summed E-state index contributed by atoms with van der Waals surface area (Å²) in [6.07, 6.45) is 6.88. The van der Waals surface area contributed by atoms with Crippen LogP contribution in [0.2, 0.25) is 0 Å². The maximum atomic E-state index is 11.8. The van der Waals surface area contributed by atoms with Gasteiger partial charge >= 0.3 is 0 Å². The van der Waals surface area contributed by atoms with Gasteiger partial charge in [0.1, 0.15) is 0 Å². The van der Waals surface area contributed by atoms with Gasteiger partial charge in [0.15, 0.2) is 5.78 Å². The largest absolute Gasteiger partial charge is 0.306 e. The van der Waals surface area contributed by atoms with Gasteiger partial charge in [0.25, 0.3) is 0 Å². The van der Waals surface area contributed by atoms with E-state index in [0.717, 1.165) is 13.1 Å². The van der Waals surface area contributed by atoms with Crippen LogP contribution in [0, 0.1) is 5.92 Å². The fourth-order valence-corrected chi connectivity index (χ4v) is 2.48. The predicted molar refractivity (Wildman–Crippen MR) is 76.8 cm³/mol. The first kappa shape index (κ1) is 15.4. The number of ketones is 1. The summed E-state index contributed by atoms with van der Waals surface area (Å²) in [5, 5.41) is 0. The van der Waals surface area contributed by atoms with Gasteiger partial charge in [-0.2, -0.15) is 0 Å².